The number of nitrogens with zero attached hydrogens (tertiary/aromatic N) is 1. The van der Waals surface area contributed by atoms with Gasteiger partial charge in [-0.05, 0) is 25.8 Å². The van der Waals surface area contributed by atoms with Crippen molar-refractivity contribution in [1.82, 2.24) is 4.90 Å². The second-order valence-electron chi connectivity index (χ2n) is 4.60. The van der Waals surface area contributed by atoms with Gasteiger partial charge in [-0.15, -0.1) is 0 Å². The average Bonchev–Trinajstić information content (AvgIpc) is 2.31. The summed E-state index contributed by atoms with van der Waals surface area (Å²) in [7, 11) is 1.74. The van der Waals surface area contributed by atoms with Crippen LogP contribution in [0, 0.1) is 5.92 Å². The summed E-state index contributed by atoms with van der Waals surface area (Å²) in [6.45, 7) is 10.6. The van der Waals surface area contributed by atoms with E-state index >= 15 is 0 Å². The highest BCUT2D eigenvalue weighted by atomic mass is 16.5. The molecule has 0 saturated carbocycles. The number of carbonyl (C=O) groups excluding carboxylic acids is 1. The zero-order chi connectivity index (χ0) is 12.8. The van der Waals surface area contributed by atoms with E-state index in [1.165, 1.54) is 0 Å². The van der Waals surface area contributed by atoms with Crippen LogP contribution in [0.1, 0.15) is 20.3 Å². The highest BCUT2D eigenvalue weighted by Crippen LogP contribution is 2.20. The molecule has 4 nitrogen and oxygen atoms in total. The molecule has 1 rings (SSSR count). The van der Waals surface area contributed by atoms with Gasteiger partial charge in [0.15, 0.2) is 0 Å². The van der Waals surface area contributed by atoms with Gasteiger partial charge in [0.25, 0.3) is 0 Å². The third-order valence-electron chi connectivity index (χ3n) is 3.25. The standard InChI is InChI=1S/C13H23NO3/c1-5-17-13(15)11(3)8-14-7-6-10(2)12(9-14)16-4/h10,12H,3,5-9H2,1-2,4H3. The van der Waals surface area contributed by atoms with Crippen molar-refractivity contribution in [3.8, 4) is 0 Å². The van der Waals surface area contributed by atoms with Gasteiger partial charge in [0, 0.05) is 25.8 Å². The first-order chi connectivity index (χ1) is 8.08. The van der Waals surface area contributed by atoms with Crippen molar-refractivity contribution >= 4 is 5.97 Å². The lowest BCUT2D eigenvalue weighted by Crippen LogP contribution is -2.44. The molecule has 4 heteroatoms. The number of carbonyl (C=O) groups is 1. The Morgan fingerprint density at radius 1 is 1.53 bits per heavy atom. The van der Waals surface area contributed by atoms with Crippen molar-refractivity contribution in [2.45, 2.75) is 26.4 Å². The van der Waals surface area contributed by atoms with Crippen molar-refractivity contribution in [2.75, 3.05) is 33.4 Å². The lowest BCUT2D eigenvalue weighted by molar-refractivity contribution is -0.138. The van der Waals surface area contributed by atoms with Crippen LogP contribution in [0.3, 0.4) is 0 Å². The first-order valence-electron chi connectivity index (χ1n) is 6.18. The smallest absolute Gasteiger partial charge is 0.334 e. The molecule has 1 aliphatic heterocycles. The summed E-state index contributed by atoms with van der Waals surface area (Å²) >= 11 is 0. The zero-order valence-corrected chi connectivity index (χ0v) is 11.1. The Hall–Kier alpha value is -0.870. The topological polar surface area (TPSA) is 38.8 Å². The molecule has 0 N–H and O–H groups in total. The van der Waals surface area contributed by atoms with Crippen LogP contribution in [0.15, 0.2) is 12.2 Å². The molecular weight excluding hydrogens is 218 g/mol. The Morgan fingerprint density at radius 3 is 2.82 bits per heavy atom. The highest BCUT2D eigenvalue weighted by molar-refractivity contribution is 5.88. The number of piperidine rings is 1. The Labute approximate surface area is 104 Å². The summed E-state index contributed by atoms with van der Waals surface area (Å²) < 4.78 is 10.4. The van der Waals surface area contributed by atoms with Crippen LogP contribution in [0.2, 0.25) is 0 Å². The summed E-state index contributed by atoms with van der Waals surface area (Å²) in [6, 6.07) is 0. The van der Waals surface area contributed by atoms with Crippen LogP contribution < -0.4 is 0 Å². The summed E-state index contributed by atoms with van der Waals surface area (Å²) in [6.07, 6.45) is 1.34. The molecule has 0 bridgehead atoms. The molecule has 17 heavy (non-hydrogen) atoms. The summed E-state index contributed by atoms with van der Waals surface area (Å²) in [5, 5.41) is 0. The minimum absolute atomic E-state index is 0.249. The van der Waals surface area contributed by atoms with Gasteiger partial charge in [-0.25, -0.2) is 4.79 Å². The Balaban J connectivity index is 2.42. The maximum absolute atomic E-state index is 11.5. The van der Waals surface area contributed by atoms with E-state index in [0.29, 0.717) is 24.6 Å². The van der Waals surface area contributed by atoms with Gasteiger partial charge in [0.05, 0.1) is 12.7 Å². The van der Waals surface area contributed by atoms with E-state index in [1.54, 1.807) is 14.0 Å². The molecule has 2 unspecified atom stereocenters. The SMILES string of the molecule is C=C(CN1CCC(C)C(OC)C1)C(=O)OCC. The summed E-state index contributed by atoms with van der Waals surface area (Å²) in [5.41, 5.74) is 0.524. The molecular formula is C13H23NO3. The summed E-state index contributed by atoms with van der Waals surface area (Å²) in [5.74, 6) is 0.284. The fourth-order valence-corrected chi connectivity index (χ4v) is 2.12. The largest absolute Gasteiger partial charge is 0.463 e. The molecule has 2 atom stereocenters. The van der Waals surface area contributed by atoms with Crippen LogP contribution >= 0.6 is 0 Å². The molecule has 0 spiro atoms. The van der Waals surface area contributed by atoms with Crippen LogP contribution in [0.5, 0.6) is 0 Å². The number of likely N-dealkylation sites (tertiary alicyclic amines) is 1. The second kappa shape index (κ2) is 6.77. The molecule has 0 aromatic carbocycles. The molecule has 1 heterocycles. The van der Waals surface area contributed by atoms with Gasteiger partial charge < -0.3 is 9.47 Å². The predicted octanol–water partition coefficient (Wildman–Crippen LogP) is 1.46. The van der Waals surface area contributed by atoms with Crippen molar-refractivity contribution in [1.29, 1.82) is 0 Å². The third kappa shape index (κ3) is 4.13. The van der Waals surface area contributed by atoms with E-state index in [2.05, 4.69) is 18.4 Å². The van der Waals surface area contributed by atoms with Crippen LogP contribution in [0.25, 0.3) is 0 Å². The fourth-order valence-electron chi connectivity index (χ4n) is 2.12. The van der Waals surface area contributed by atoms with E-state index in [0.717, 1.165) is 19.5 Å². The molecule has 0 aromatic rings. The molecule has 0 radical (unpaired) electrons. The van der Waals surface area contributed by atoms with Crippen molar-refractivity contribution in [3.63, 3.8) is 0 Å². The molecule has 1 saturated heterocycles. The maximum Gasteiger partial charge on any atom is 0.334 e. The number of rotatable bonds is 5. The number of hydrogen-bond acceptors (Lipinski definition) is 4. The normalized spacial score (nSPS) is 25.6. The lowest BCUT2D eigenvalue weighted by atomic mass is 9.95. The van der Waals surface area contributed by atoms with Gasteiger partial charge in [-0.2, -0.15) is 0 Å². The quantitative estimate of drug-likeness (QED) is 0.539. The van der Waals surface area contributed by atoms with Crippen molar-refractivity contribution in [2.24, 2.45) is 5.92 Å². The zero-order valence-electron chi connectivity index (χ0n) is 11.1. The summed E-state index contributed by atoms with van der Waals surface area (Å²) in [4.78, 5) is 13.7. The molecule has 0 amide bonds. The van der Waals surface area contributed by atoms with E-state index in [-0.39, 0.29) is 12.1 Å². The Bertz CT molecular complexity index is 278. The fraction of sp³-hybridized carbons (Fsp3) is 0.769. The van der Waals surface area contributed by atoms with Gasteiger partial charge in [-0.1, -0.05) is 13.5 Å². The molecule has 1 fully saturated rings. The Kier molecular flexibility index (Phi) is 5.65. The monoisotopic (exact) mass is 241 g/mol. The maximum atomic E-state index is 11.5. The highest BCUT2D eigenvalue weighted by Gasteiger charge is 2.26. The van der Waals surface area contributed by atoms with Gasteiger partial charge >= 0.3 is 5.97 Å². The Morgan fingerprint density at radius 2 is 2.24 bits per heavy atom. The van der Waals surface area contributed by atoms with E-state index in [1.807, 2.05) is 0 Å². The number of ether oxygens (including phenoxy) is 2. The van der Waals surface area contributed by atoms with Crippen LogP contribution in [-0.4, -0.2) is 50.3 Å². The number of methoxy groups -OCH3 is 1. The van der Waals surface area contributed by atoms with E-state index in [4.69, 9.17) is 9.47 Å². The number of hydrogen-bond donors (Lipinski definition) is 0. The molecule has 0 aliphatic carbocycles. The van der Waals surface area contributed by atoms with Gasteiger partial charge in [0.2, 0.25) is 0 Å². The first kappa shape index (κ1) is 14.2. The third-order valence-corrected chi connectivity index (χ3v) is 3.25. The first-order valence-corrected chi connectivity index (χ1v) is 6.18. The van der Waals surface area contributed by atoms with E-state index in [9.17, 15) is 4.79 Å². The molecule has 1 aliphatic rings. The van der Waals surface area contributed by atoms with Gasteiger partial charge in [0.1, 0.15) is 0 Å². The minimum Gasteiger partial charge on any atom is -0.463 e. The average molecular weight is 241 g/mol. The van der Waals surface area contributed by atoms with Crippen LogP contribution in [-0.2, 0) is 14.3 Å². The molecule has 0 aromatic heterocycles. The van der Waals surface area contributed by atoms with Crippen molar-refractivity contribution in [3.05, 3.63) is 12.2 Å². The number of esters is 1. The molecule has 98 valence electrons. The van der Waals surface area contributed by atoms with E-state index < -0.39 is 0 Å². The van der Waals surface area contributed by atoms with Crippen molar-refractivity contribution < 1.29 is 14.3 Å². The second-order valence-corrected chi connectivity index (χ2v) is 4.60. The van der Waals surface area contributed by atoms with Crippen LogP contribution in [0.4, 0.5) is 0 Å². The minimum atomic E-state index is -0.292. The lowest BCUT2D eigenvalue weighted by Gasteiger charge is -2.36. The predicted molar refractivity (Wildman–Crippen MR) is 66.8 cm³/mol. The van der Waals surface area contributed by atoms with Gasteiger partial charge in [-0.3, -0.25) is 4.90 Å².